The van der Waals surface area contributed by atoms with Gasteiger partial charge < -0.3 is 4.90 Å². The van der Waals surface area contributed by atoms with Gasteiger partial charge in [-0.2, -0.15) is 5.10 Å². The maximum atomic E-state index is 12.4. The zero-order valence-electron chi connectivity index (χ0n) is 10.2. The number of hydrogen-bond donors (Lipinski definition) is 0. The Bertz CT molecular complexity index is 564. The third-order valence-corrected chi connectivity index (χ3v) is 3.34. The molecule has 0 spiro atoms. The normalized spacial score (nSPS) is 15.5. The molecule has 0 saturated carbocycles. The minimum atomic E-state index is -0.321. The summed E-state index contributed by atoms with van der Waals surface area (Å²) < 4.78 is 1.59. The summed E-state index contributed by atoms with van der Waals surface area (Å²) in [5.74, 6) is 0.0606. The largest absolute Gasteiger partial charge is 0.310 e. The van der Waals surface area contributed by atoms with Gasteiger partial charge in [-0.1, -0.05) is 18.2 Å². The molecule has 1 aliphatic rings. The molecule has 1 aromatic carbocycles. The Kier molecular flexibility index (Phi) is 2.59. The van der Waals surface area contributed by atoms with E-state index in [9.17, 15) is 4.79 Å². The fourth-order valence-electron chi connectivity index (χ4n) is 2.32. The molecule has 1 amide bonds. The smallest absolute Gasteiger partial charge is 0.251 e. The van der Waals surface area contributed by atoms with E-state index in [2.05, 4.69) is 16.1 Å². The molecule has 1 aromatic heterocycles. The lowest BCUT2D eigenvalue weighted by molar-refractivity contribution is -0.121. The predicted molar refractivity (Wildman–Crippen MR) is 67.2 cm³/mol. The van der Waals surface area contributed by atoms with Crippen LogP contribution in [0.4, 0.5) is 5.69 Å². The van der Waals surface area contributed by atoms with E-state index in [-0.39, 0.29) is 11.9 Å². The number of carbonyl (C=O) groups excluding carboxylic acids is 1. The molecule has 0 saturated heterocycles. The fourth-order valence-corrected chi connectivity index (χ4v) is 2.32. The van der Waals surface area contributed by atoms with Crippen LogP contribution in [0.25, 0.3) is 0 Å². The number of amides is 1. The average Bonchev–Trinajstić information content (AvgIpc) is 3.06. The lowest BCUT2D eigenvalue weighted by atomic mass is 10.2. The Morgan fingerprint density at radius 2 is 2.22 bits per heavy atom. The summed E-state index contributed by atoms with van der Waals surface area (Å²) in [6, 6.07) is 7.72. The molecule has 1 unspecified atom stereocenters. The second kappa shape index (κ2) is 4.25. The van der Waals surface area contributed by atoms with Crippen molar-refractivity contribution in [1.29, 1.82) is 0 Å². The lowest BCUT2D eigenvalue weighted by Crippen LogP contribution is -2.35. The van der Waals surface area contributed by atoms with Crippen LogP contribution in [-0.2, 0) is 11.2 Å². The topological polar surface area (TPSA) is 51.0 Å². The van der Waals surface area contributed by atoms with Gasteiger partial charge in [0.15, 0.2) is 0 Å². The molecule has 3 rings (SSSR count). The van der Waals surface area contributed by atoms with Gasteiger partial charge in [-0.25, -0.2) is 9.67 Å². The van der Waals surface area contributed by atoms with Crippen LogP contribution in [0.3, 0.4) is 0 Å². The van der Waals surface area contributed by atoms with Crippen LogP contribution in [0.2, 0.25) is 0 Å². The lowest BCUT2D eigenvalue weighted by Gasteiger charge is -2.21. The zero-order valence-corrected chi connectivity index (χ0v) is 10.2. The number of para-hydroxylation sites is 1. The Morgan fingerprint density at radius 1 is 1.39 bits per heavy atom. The van der Waals surface area contributed by atoms with E-state index in [4.69, 9.17) is 0 Å². The SMILES string of the molecule is CC(C(=O)N1CCc2ccccc21)n1cncn1. The van der Waals surface area contributed by atoms with Gasteiger partial charge in [-0.15, -0.1) is 0 Å². The van der Waals surface area contributed by atoms with Gasteiger partial charge in [0.1, 0.15) is 18.7 Å². The van der Waals surface area contributed by atoms with Crippen LogP contribution in [0.1, 0.15) is 18.5 Å². The number of fused-ring (bicyclic) bond motifs is 1. The first-order chi connectivity index (χ1) is 8.77. The van der Waals surface area contributed by atoms with Crippen LogP contribution in [0, 0.1) is 0 Å². The summed E-state index contributed by atoms with van der Waals surface area (Å²) in [7, 11) is 0. The molecule has 5 nitrogen and oxygen atoms in total. The second-order valence-corrected chi connectivity index (χ2v) is 4.42. The average molecular weight is 242 g/mol. The van der Waals surface area contributed by atoms with Crippen molar-refractivity contribution in [2.45, 2.75) is 19.4 Å². The Morgan fingerprint density at radius 3 is 3.00 bits per heavy atom. The Hall–Kier alpha value is -2.17. The number of benzene rings is 1. The van der Waals surface area contributed by atoms with Crippen molar-refractivity contribution in [3.05, 3.63) is 42.5 Å². The van der Waals surface area contributed by atoms with Crippen molar-refractivity contribution >= 4 is 11.6 Å². The highest BCUT2D eigenvalue weighted by Gasteiger charge is 2.28. The summed E-state index contributed by atoms with van der Waals surface area (Å²) in [5.41, 5.74) is 2.26. The first-order valence-electron chi connectivity index (χ1n) is 6.01. The van der Waals surface area contributed by atoms with Gasteiger partial charge in [0.05, 0.1) is 0 Å². The van der Waals surface area contributed by atoms with E-state index in [1.165, 1.54) is 11.9 Å². The molecule has 0 fully saturated rings. The molecule has 1 atom stereocenters. The number of carbonyl (C=O) groups is 1. The maximum Gasteiger partial charge on any atom is 0.251 e. The van der Waals surface area contributed by atoms with Gasteiger partial charge >= 0.3 is 0 Å². The molecule has 0 radical (unpaired) electrons. The quantitative estimate of drug-likeness (QED) is 0.800. The first kappa shape index (κ1) is 11.0. The standard InChI is InChI=1S/C13H14N4O/c1-10(17-9-14-8-15-17)13(18)16-7-6-11-4-2-3-5-12(11)16/h2-5,8-10H,6-7H2,1H3. The van der Waals surface area contributed by atoms with E-state index in [1.807, 2.05) is 30.0 Å². The summed E-state index contributed by atoms with van der Waals surface area (Å²) in [4.78, 5) is 18.2. The molecular weight excluding hydrogens is 228 g/mol. The number of hydrogen-bond acceptors (Lipinski definition) is 3. The highest BCUT2D eigenvalue weighted by Crippen LogP contribution is 2.29. The monoisotopic (exact) mass is 242 g/mol. The number of anilines is 1. The summed E-state index contributed by atoms with van der Waals surface area (Å²) in [6.45, 7) is 2.59. The molecule has 2 aromatic rings. The van der Waals surface area contributed by atoms with E-state index in [0.29, 0.717) is 0 Å². The summed E-state index contributed by atoms with van der Waals surface area (Å²) >= 11 is 0. The highest BCUT2D eigenvalue weighted by atomic mass is 16.2. The first-order valence-corrected chi connectivity index (χ1v) is 6.01. The fraction of sp³-hybridized carbons (Fsp3) is 0.308. The summed E-state index contributed by atoms with van der Waals surface area (Å²) in [6.07, 6.45) is 3.94. The molecular formula is C13H14N4O. The van der Waals surface area contributed by atoms with Crippen LogP contribution in [-0.4, -0.2) is 27.2 Å². The molecule has 1 aliphatic heterocycles. The minimum Gasteiger partial charge on any atom is -0.310 e. The van der Waals surface area contributed by atoms with E-state index >= 15 is 0 Å². The third-order valence-electron chi connectivity index (χ3n) is 3.34. The maximum absolute atomic E-state index is 12.4. The van der Waals surface area contributed by atoms with E-state index in [0.717, 1.165) is 18.7 Å². The van der Waals surface area contributed by atoms with E-state index in [1.54, 1.807) is 11.0 Å². The molecule has 2 heterocycles. The predicted octanol–water partition coefficient (Wildman–Crippen LogP) is 1.43. The molecule has 92 valence electrons. The second-order valence-electron chi connectivity index (χ2n) is 4.42. The van der Waals surface area contributed by atoms with Gasteiger partial charge in [0, 0.05) is 12.2 Å². The van der Waals surface area contributed by atoms with Gasteiger partial charge in [-0.05, 0) is 25.0 Å². The van der Waals surface area contributed by atoms with Crippen LogP contribution in [0.5, 0.6) is 0 Å². The van der Waals surface area contributed by atoms with Crippen LogP contribution in [0.15, 0.2) is 36.9 Å². The van der Waals surface area contributed by atoms with Crippen molar-refractivity contribution in [3.63, 3.8) is 0 Å². The third kappa shape index (κ3) is 1.68. The molecule has 0 bridgehead atoms. The van der Waals surface area contributed by atoms with Crippen molar-refractivity contribution in [2.24, 2.45) is 0 Å². The minimum absolute atomic E-state index is 0.0606. The molecule has 0 N–H and O–H groups in total. The van der Waals surface area contributed by atoms with Crippen LogP contribution >= 0.6 is 0 Å². The van der Waals surface area contributed by atoms with Crippen molar-refractivity contribution < 1.29 is 4.79 Å². The molecule has 18 heavy (non-hydrogen) atoms. The van der Waals surface area contributed by atoms with Crippen molar-refractivity contribution in [3.8, 4) is 0 Å². The Labute approximate surface area is 105 Å². The number of nitrogens with zero attached hydrogens (tertiary/aromatic N) is 4. The molecule has 5 heteroatoms. The van der Waals surface area contributed by atoms with Gasteiger partial charge in [-0.3, -0.25) is 4.79 Å². The van der Waals surface area contributed by atoms with Crippen molar-refractivity contribution in [1.82, 2.24) is 14.8 Å². The van der Waals surface area contributed by atoms with Gasteiger partial charge in [0.25, 0.3) is 5.91 Å². The van der Waals surface area contributed by atoms with Crippen LogP contribution < -0.4 is 4.90 Å². The zero-order chi connectivity index (χ0) is 12.5. The number of aromatic nitrogens is 3. The highest BCUT2D eigenvalue weighted by molar-refractivity contribution is 5.97. The summed E-state index contributed by atoms with van der Waals surface area (Å²) in [5, 5.41) is 4.02. The van der Waals surface area contributed by atoms with Gasteiger partial charge in [0.2, 0.25) is 0 Å². The number of rotatable bonds is 2. The van der Waals surface area contributed by atoms with E-state index < -0.39 is 0 Å². The molecule has 0 aliphatic carbocycles. The Balaban J connectivity index is 1.87. The van der Waals surface area contributed by atoms with Crippen molar-refractivity contribution in [2.75, 3.05) is 11.4 Å².